The zero-order valence-electron chi connectivity index (χ0n) is 12.6. The Labute approximate surface area is 122 Å². The van der Waals surface area contributed by atoms with Gasteiger partial charge in [0.25, 0.3) is 0 Å². The molecule has 0 aliphatic heterocycles. The molecule has 2 aliphatic rings. The summed E-state index contributed by atoms with van der Waals surface area (Å²) in [6.45, 7) is 1.50. The topological polar surface area (TPSA) is 64.3 Å². The van der Waals surface area contributed by atoms with Gasteiger partial charge in [0.2, 0.25) is 5.91 Å². The number of hydrogen-bond acceptors (Lipinski definition) is 3. The predicted molar refractivity (Wildman–Crippen MR) is 80.4 cm³/mol. The molecule has 0 aromatic rings. The molecule has 1 amide bonds. The Hall–Kier alpha value is -0.610. The Bertz CT molecular complexity index is 282. The summed E-state index contributed by atoms with van der Waals surface area (Å²) in [7, 11) is 0. The van der Waals surface area contributed by atoms with Gasteiger partial charge >= 0.3 is 0 Å². The van der Waals surface area contributed by atoms with Crippen molar-refractivity contribution in [1.29, 1.82) is 0 Å². The first-order valence-corrected chi connectivity index (χ1v) is 8.38. The Morgan fingerprint density at radius 3 is 2.50 bits per heavy atom. The van der Waals surface area contributed by atoms with Gasteiger partial charge in [0.05, 0.1) is 6.10 Å². The average Bonchev–Trinajstić information content (AvgIpc) is 2.93. The molecule has 20 heavy (non-hydrogen) atoms. The van der Waals surface area contributed by atoms with Crippen LogP contribution in [0.4, 0.5) is 0 Å². The fraction of sp³-hybridized carbons (Fsp3) is 0.938. The van der Waals surface area contributed by atoms with E-state index in [4.69, 9.17) is 10.5 Å². The summed E-state index contributed by atoms with van der Waals surface area (Å²) >= 11 is 0. The summed E-state index contributed by atoms with van der Waals surface area (Å²) in [5, 5.41) is 3.02. The average molecular weight is 282 g/mol. The van der Waals surface area contributed by atoms with Crippen molar-refractivity contribution in [1.82, 2.24) is 5.32 Å². The number of nitrogens with two attached hydrogens (primary N) is 1. The zero-order valence-corrected chi connectivity index (χ0v) is 12.6. The molecular weight excluding hydrogens is 252 g/mol. The Morgan fingerprint density at radius 1 is 1.10 bits per heavy atom. The summed E-state index contributed by atoms with van der Waals surface area (Å²) in [4.78, 5) is 11.7. The molecule has 2 fully saturated rings. The van der Waals surface area contributed by atoms with E-state index in [0.29, 0.717) is 18.1 Å². The monoisotopic (exact) mass is 282 g/mol. The first kappa shape index (κ1) is 15.8. The SMILES string of the molecule is NC1CCC(OCCCNC(=O)CC2CCCC2)CC1. The fourth-order valence-corrected chi connectivity index (χ4v) is 3.35. The molecule has 4 nitrogen and oxygen atoms in total. The Morgan fingerprint density at radius 2 is 1.80 bits per heavy atom. The lowest BCUT2D eigenvalue weighted by Gasteiger charge is -2.26. The van der Waals surface area contributed by atoms with E-state index < -0.39 is 0 Å². The highest BCUT2D eigenvalue weighted by molar-refractivity contribution is 5.76. The van der Waals surface area contributed by atoms with Crippen LogP contribution in [0.2, 0.25) is 0 Å². The van der Waals surface area contributed by atoms with Crippen LogP contribution in [0.15, 0.2) is 0 Å². The zero-order chi connectivity index (χ0) is 14.2. The molecule has 116 valence electrons. The van der Waals surface area contributed by atoms with Gasteiger partial charge in [0, 0.05) is 25.6 Å². The predicted octanol–water partition coefficient (Wildman–Crippen LogP) is 2.36. The largest absolute Gasteiger partial charge is 0.378 e. The summed E-state index contributed by atoms with van der Waals surface area (Å²) < 4.78 is 5.84. The minimum atomic E-state index is 0.223. The Kier molecular flexibility index (Phi) is 6.80. The van der Waals surface area contributed by atoms with Gasteiger partial charge in [-0.1, -0.05) is 12.8 Å². The van der Waals surface area contributed by atoms with Crippen LogP contribution >= 0.6 is 0 Å². The lowest BCUT2D eigenvalue weighted by Crippen LogP contribution is -2.31. The fourth-order valence-electron chi connectivity index (χ4n) is 3.35. The molecule has 2 aliphatic carbocycles. The van der Waals surface area contributed by atoms with Crippen molar-refractivity contribution in [2.45, 2.75) is 76.4 Å². The minimum Gasteiger partial charge on any atom is -0.378 e. The summed E-state index contributed by atoms with van der Waals surface area (Å²) in [5.74, 6) is 0.859. The summed E-state index contributed by atoms with van der Waals surface area (Å²) in [6, 6.07) is 0.379. The van der Waals surface area contributed by atoms with E-state index in [0.717, 1.165) is 51.7 Å². The van der Waals surface area contributed by atoms with Gasteiger partial charge in [-0.3, -0.25) is 4.79 Å². The van der Waals surface area contributed by atoms with Crippen molar-refractivity contribution in [2.75, 3.05) is 13.2 Å². The number of nitrogens with one attached hydrogen (secondary N) is 1. The van der Waals surface area contributed by atoms with E-state index in [1.807, 2.05) is 0 Å². The summed E-state index contributed by atoms with van der Waals surface area (Å²) in [6.07, 6.45) is 11.5. The van der Waals surface area contributed by atoms with Crippen molar-refractivity contribution >= 4 is 5.91 Å². The van der Waals surface area contributed by atoms with E-state index in [-0.39, 0.29) is 5.91 Å². The Balaban J connectivity index is 1.44. The normalized spacial score (nSPS) is 27.6. The van der Waals surface area contributed by atoms with E-state index in [1.165, 1.54) is 25.7 Å². The van der Waals surface area contributed by atoms with Crippen LogP contribution in [0.25, 0.3) is 0 Å². The second kappa shape index (κ2) is 8.63. The molecule has 0 unspecified atom stereocenters. The highest BCUT2D eigenvalue weighted by Crippen LogP contribution is 2.27. The second-order valence-corrected chi connectivity index (χ2v) is 6.47. The number of hydrogen-bond donors (Lipinski definition) is 2. The molecule has 0 atom stereocenters. The van der Waals surface area contributed by atoms with Crippen LogP contribution in [-0.4, -0.2) is 31.2 Å². The van der Waals surface area contributed by atoms with Crippen molar-refractivity contribution in [3.8, 4) is 0 Å². The number of amides is 1. The maximum Gasteiger partial charge on any atom is 0.220 e. The van der Waals surface area contributed by atoms with Crippen LogP contribution < -0.4 is 11.1 Å². The molecule has 0 aromatic heterocycles. The number of carbonyl (C=O) groups is 1. The smallest absolute Gasteiger partial charge is 0.220 e. The number of rotatable bonds is 7. The third-order valence-electron chi connectivity index (χ3n) is 4.66. The van der Waals surface area contributed by atoms with Gasteiger partial charge in [-0.15, -0.1) is 0 Å². The molecule has 0 spiro atoms. The maximum atomic E-state index is 11.7. The van der Waals surface area contributed by atoms with Gasteiger partial charge in [-0.2, -0.15) is 0 Å². The number of carbonyl (C=O) groups excluding carboxylic acids is 1. The molecule has 2 saturated carbocycles. The molecule has 2 rings (SSSR count). The second-order valence-electron chi connectivity index (χ2n) is 6.47. The van der Waals surface area contributed by atoms with Crippen molar-refractivity contribution in [3.05, 3.63) is 0 Å². The molecule has 0 heterocycles. The van der Waals surface area contributed by atoms with Crippen LogP contribution in [0.3, 0.4) is 0 Å². The summed E-state index contributed by atoms with van der Waals surface area (Å²) in [5.41, 5.74) is 5.87. The van der Waals surface area contributed by atoms with Crippen LogP contribution in [0.1, 0.15) is 64.2 Å². The maximum absolute atomic E-state index is 11.7. The highest BCUT2D eigenvalue weighted by Gasteiger charge is 2.19. The number of ether oxygens (including phenoxy) is 1. The van der Waals surface area contributed by atoms with Crippen LogP contribution in [-0.2, 0) is 9.53 Å². The van der Waals surface area contributed by atoms with Crippen molar-refractivity contribution in [2.24, 2.45) is 11.7 Å². The van der Waals surface area contributed by atoms with Gasteiger partial charge in [0.15, 0.2) is 0 Å². The van der Waals surface area contributed by atoms with Crippen molar-refractivity contribution in [3.63, 3.8) is 0 Å². The highest BCUT2D eigenvalue weighted by atomic mass is 16.5. The van der Waals surface area contributed by atoms with Gasteiger partial charge in [-0.05, 0) is 50.9 Å². The molecule has 0 radical (unpaired) electrons. The standard InChI is InChI=1S/C16H30N2O2/c17-14-6-8-15(9-7-14)20-11-3-10-18-16(19)12-13-4-1-2-5-13/h13-15H,1-12,17H2,(H,18,19). The first-order chi connectivity index (χ1) is 9.74. The molecule has 3 N–H and O–H groups in total. The van der Waals surface area contributed by atoms with E-state index in [1.54, 1.807) is 0 Å². The van der Waals surface area contributed by atoms with Crippen LogP contribution in [0, 0.1) is 5.92 Å². The molecule has 0 bridgehead atoms. The lowest BCUT2D eigenvalue weighted by atomic mass is 9.94. The van der Waals surface area contributed by atoms with Crippen molar-refractivity contribution < 1.29 is 9.53 Å². The van der Waals surface area contributed by atoms with E-state index in [2.05, 4.69) is 5.32 Å². The first-order valence-electron chi connectivity index (χ1n) is 8.38. The van der Waals surface area contributed by atoms with Gasteiger partial charge in [0.1, 0.15) is 0 Å². The minimum absolute atomic E-state index is 0.223. The lowest BCUT2D eigenvalue weighted by molar-refractivity contribution is -0.122. The van der Waals surface area contributed by atoms with Crippen LogP contribution in [0.5, 0.6) is 0 Å². The molecule has 0 saturated heterocycles. The molecule has 4 heteroatoms. The van der Waals surface area contributed by atoms with Gasteiger partial charge < -0.3 is 15.8 Å². The van der Waals surface area contributed by atoms with Gasteiger partial charge in [-0.25, -0.2) is 0 Å². The van der Waals surface area contributed by atoms with E-state index in [9.17, 15) is 4.79 Å². The molecular formula is C16H30N2O2. The van der Waals surface area contributed by atoms with E-state index >= 15 is 0 Å². The molecule has 0 aromatic carbocycles. The third kappa shape index (κ3) is 5.80. The quantitative estimate of drug-likeness (QED) is 0.705. The third-order valence-corrected chi connectivity index (χ3v) is 4.66.